The van der Waals surface area contributed by atoms with E-state index < -0.39 is 0 Å². The molecule has 25 heavy (non-hydrogen) atoms. The van der Waals surface area contributed by atoms with Crippen molar-refractivity contribution in [1.29, 1.82) is 5.41 Å². The van der Waals surface area contributed by atoms with E-state index in [4.69, 9.17) is 26.7 Å². The van der Waals surface area contributed by atoms with Gasteiger partial charge in [-0.15, -0.1) is 0 Å². The van der Waals surface area contributed by atoms with Crippen molar-refractivity contribution in [2.24, 2.45) is 5.73 Å². The zero-order chi connectivity index (χ0) is 17.4. The first-order chi connectivity index (χ1) is 12.2. The van der Waals surface area contributed by atoms with Crippen molar-refractivity contribution in [2.75, 3.05) is 12.3 Å². The van der Waals surface area contributed by atoms with E-state index in [9.17, 15) is 0 Å². The highest BCUT2D eigenvalue weighted by molar-refractivity contribution is 6.07. The number of nitrogens with one attached hydrogen (secondary N) is 1. The first-order valence-corrected chi connectivity index (χ1v) is 8.30. The standard InChI is InChI=1S/C18H20N6O/c19-6-5-15(20)11-3-4-13-16(8-11)22-18(21)14-10-24(23-17(13)14)9-12-2-1-7-25-12/h3-6,8,10,12,19H,1-2,7,9,20H2,(H2,21,22). The number of benzene rings is 1. The molecule has 4 rings (SSSR count). The fourth-order valence-corrected chi connectivity index (χ4v) is 3.28. The molecule has 1 atom stereocenters. The molecule has 0 saturated carbocycles. The summed E-state index contributed by atoms with van der Waals surface area (Å²) in [6, 6.07) is 5.74. The number of anilines is 1. The molecule has 1 aliphatic rings. The smallest absolute Gasteiger partial charge is 0.135 e. The lowest BCUT2D eigenvalue weighted by Gasteiger charge is -2.08. The van der Waals surface area contributed by atoms with Gasteiger partial charge in [-0.2, -0.15) is 5.10 Å². The van der Waals surface area contributed by atoms with Gasteiger partial charge in [-0.3, -0.25) is 4.68 Å². The predicted molar refractivity (Wildman–Crippen MR) is 99.4 cm³/mol. The predicted octanol–water partition coefficient (Wildman–Crippen LogP) is 2.29. The third kappa shape index (κ3) is 2.83. The Morgan fingerprint density at radius 3 is 3.04 bits per heavy atom. The molecule has 0 spiro atoms. The molecule has 3 aromatic rings. The number of aromatic nitrogens is 3. The minimum absolute atomic E-state index is 0.215. The summed E-state index contributed by atoms with van der Waals surface area (Å²) >= 11 is 0. The van der Waals surface area contributed by atoms with Gasteiger partial charge in [0.05, 0.1) is 23.6 Å². The molecule has 3 heterocycles. The zero-order valence-corrected chi connectivity index (χ0v) is 13.8. The Morgan fingerprint density at radius 1 is 1.40 bits per heavy atom. The average molecular weight is 336 g/mol. The summed E-state index contributed by atoms with van der Waals surface area (Å²) in [7, 11) is 0. The second-order valence-electron chi connectivity index (χ2n) is 6.27. The fraction of sp³-hybridized carbons (Fsp3) is 0.278. The van der Waals surface area contributed by atoms with Gasteiger partial charge >= 0.3 is 0 Å². The molecule has 0 aliphatic carbocycles. The number of fused-ring (bicyclic) bond motifs is 3. The van der Waals surface area contributed by atoms with Gasteiger partial charge < -0.3 is 21.6 Å². The van der Waals surface area contributed by atoms with E-state index in [2.05, 4.69) is 4.98 Å². The van der Waals surface area contributed by atoms with Crippen molar-refractivity contribution < 1.29 is 4.74 Å². The average Bonchev–Trinajstić information content (AvgIpc) is 3.25. The lowest BCUT2D eigenvalue weighted by Crippen LogP contribution is -2.15. The Morgan fingerprint density at radius 2 is 2.28 bits per heavy atom. The largest absolute Gasteiger partial charge is 0.398 e. The first kappa shape index (κ1) is 15.6. The van der Waals surface area contributed by atoms with Crippen LogP contribution < -0.4 is 11.5 Å². The minimum Gasteiger partial charge on any atom is -0.398 e. The van der Waals surface area contributed by atoms with E-state index in [1.807, 2.05) is 29.1 Å². The summed E-state index contributed by atoms with van der Waals surface area (Å²) in [5.74, 6) is 0.452. The molecule has 2 aromatic heterocycles. The zero-order valence-electron chi connectivity index (χ0n) is 13.8. The maximum Gasteiger partial charge on any atom is 0.135 e. The molecule has 0 amide bonds. The number of hydrogen-bond donors (Lipinski definition) is 3. The molecule has 0 radical (unpaired) electrons. The van der Waals surface area contributed by atoms with Crippen LogP contribution >= 0.6 is 0 Å². The fourth-order valence-electron chi connectivity index (χ4n) is 3.28. The summed E-state index contributed by atoms with van der Waals surface area (Å²) in [4.78, 5) is 4.51. The molecular weight excluding hydrogens is 316 g/mol. The van der Waals surface area contributed by atoms with Gasteiger partial charge in [-0.05, 0) is 36.6 Å². The topological polar surface area (TPSA) is 116 Å². The van der Waals surface area contributed by atoms with Crippen LogP contribution in [-0.4, -0.2) is 33.7 Å². The third-order valence-electron chi connectivity index (χ3n) is 4.54. The maximum atomic E-state index is 7.14. The van der Waals surface area contributed by atoms with Gasteiger partial charge in [0.1, 0.15) is 11.3 Å². The van der Waals surface area contributed by atoms with Crippen LogP contribution in [0.3, 0.4) is 0 Å². The van der Waals surface area contributed by atoms with Gasteiger partial charge in [0, 0.05) is 30.1 Å². The molecule has 1 saturated heterocycles. The number of hydrogen-bond acceptors (Lipinski definition) is 6. The van der Waals surface area contributed by atoms with E-state index in [-0.39, 0.29) is 6.10 Å². The molecule has 1 fully saturated rings. The summed E-state index contributed by atoms with van der Waals surface area (Å²) < 4.78 is 7.59. The quantitative estimate of drug-likeness (QED) is 0.632. The van der Waals surface area contributed by atoms with E-state index in [0.717, 1.165) is 59.6 Å². The highest BCUT2D eigenvalue weighted by Gasteiger charge is 2.18. The van der Waals surface area contributed by atoms with Gasteiger partial charge in [0.25, 0.3) is 0 Å². The van der Waals surface area contributed by atoms with Crippen LogP contribution in [0.2, 0.25) is 0 Å². The van der Waals surface area contributed by atoms with E-state index in [0.29, 0.717) is 11.5 Å². The van der Waals surface area contributed by atoms with Crippen molar-refractivity contribution in [2.45, 2.75) is 25.5 Å². The Balaban J connectivity index is 1.80. The molecule has 7 heteroatoms. The van der Waals surface area contributed by atoms with E-state index >= 15 is 0 Å². The van der Waals surface area contributed by atoms with Crippen LogP contribution in [-0.2, 0) is 11.3 Å². The number of nitrogen functional groups attached to an aromatic ring is 1. The SMILES string of the molecule is N=CC=C(N)c1ccc2c(c1)nc(N)c1cn(CC3CCCO3)nc12. The van der Waals surface area contributed by atoms with Crippen molar-refractivity contribution in [1.82, 2.24) is 14.8 Å². The summed E-state index contributed by atoms with van der Waals surface area (Å²) in [5.41, 5.74) is 15.0. The van der Waals surface area contributed by atoms with Crippen molar-refractivity contribution in [3.8, 4) is 0 Å². The lowest BCUT2D eigenvalue weighted by atomic mass is 10.1. The highest BCUT2D eigenvalue weighted by atomic mass is 16.5. The molecule has 1 aliphatic heterocycles. The number of nitrogens with two attached hydrogens (primary N) is 2. The van der Waals surface area contributed by atoms with Gasteiger partial charge in [0.2, 0.25) is 0 Å². The number of pyridine rings is 1. The van der Waals surface area contributed by atoms with Gasteiger partial charge in [0.15, 0.2) is 0 Å². The number of allylic oxidation sites excluding steroid dienone is 1. The van der Waals surface area contributed by atoms with Gasteiger partial charge in [-0.25, -0.2) is 4.98 Å². The first-order valence-electron chi connectivity index (χ1n) is 8.30. The highest BCUT2D eigenvalue weighted by Crippen LogP contribution is 2.28. The minimum atomic E-state index is 0.215. The number of rotatable bonds is 4. The van der Waals surface area contributed by atoms with Crippen LogP contribution in [0.4, 0.5) is 5.82 Å². The summed E-state index contributed by atoms with van der Waals surface area (Å²) in [5, 5.41) is 13.6. The van der Waals surface area contributed by atoms with Crippen LogP contribution in [0.15, 0.2) is 30.5 Å². The third-order valence-corrected chi connectivity index (χ3v) is 4.54. The molecule has 128 valence electrons. The summed E-state index contributed by atoms with van der Waals surface area (Å²) in [6.07, 6.45) is 7.03. The normalized spacial score (nSPS) is 18.2. The van der Waals surface area contributed by atoms with Crippen LogP contribution in [0.25, 0.3) is 27.5 Å². The van der Waals surface area contributed by atoms with E-state index in [1.54, 1.807) is 6.08 Å². The lowest BCUT2D eigenvalue weighted by molar-refractivity contribution is 0.0942. The van der Waals surface area contributed by atoms with Crippen LogP contribution in [0.5, 0.6) is 0 Å². The monoisotopic (exact) mass is 336 g/mol. The molecular formula is C18H20N6O. The van der Waals surface area contributed by atoms with Crippen LogP contribution in [0, 0.1) is 5.41 Å². The Kier molecular flexibility index (Phi) is 3.85. The second-order valence-corrected chi connectivity index (χ2v) is 6.27. The Bertz CT molecular complexity index is 984. The van der Waals surface area contributed by atoms with Crippen molar-refractivity contribution >= 4 is 39.5 Å². The van der Waals surface area contributed by atoms with Crippen molar-refractivity contribution in [3.05, 3.63) is 36.0 Å². The Hall–Kier alpha value is -2.93. The van der Waals surface area contributed by atoms with Crippen LogP contribution in [0.1, 0.15) is 18.4 Å². The molecule has 0 bridgehead atoms. The maximum absolute atomic E-state index is 7.14. The van der Waals surface area contributed by atoms with Gasteiger partial charge in [-0.1, -0.05) is 6.07 Å². The second kappa shape index (κ2) is 6.18. The Labute approximate surface area is 144 Å². The summed E-state index contributed by atoms with van der Waals surface area (Å²) in [6.45, 7) is 1.55. The number of ether oxygens (including phenoxy) is 1. The molecule has 5 N–H and O–H groups in total. The number of nitrogens with zero attached hydrogens (tertiary/aromatic N) is 3. The molecule has 1 unspecified atom stereocenters. The molecule has 1 aromatic carbocycles. The molecule has 7 nitrogen and oxygen atoms in total. The van der Waals surface area contributed by atoms with Crippen molar-refractivity contribution in [3.63, 3.8) is 0 Å². The van der Waals surface area contributed by atoms with E-state index in [1.165, 1.54) is 0 Å².